The number of rotatable bonds is 3. The van der Waals surface area contributed by atoms with Crippen molar-refractivity contribution in [3.63, 3.8) is 0 Å². The Bertz CT molecular complexity index is 1510. The van der Waals surface area contributed by atoms with Crippen LogP contribution >= 0.6 is 0 Å². The SMILES string of the molecule is CCOc1cc2c(cc1N)CCC1C2CC[C@]2(C)CC(CC#Cc3cc4c(cc3N)CCC3C4CC[C@]4(C)CCCC34)CC12. The molecule has 8 rings (SSSR count). The molecular weight excluding hydrogens is 536 g/mol. The van der Waals surface area contributed by atoms with E-state index in [-0.39, 0.29) is 0 Å². The number of hydrogen-bond donors (Lipinski definition) is 2. The highest BCUT2D eigenvalue weighted by Crippen LogP contribution is 2.63. The molecule has 9 atom stereocenters. The maximum Gasteiger partial charge on any atom is 0.142 e. The molecule has 0 bridgehead atoms. The van der Waals surface area contributed by atoms with E-state index < -0.39 is 0 Å². The first-order valence-corrected chi connectivity index (χ1v) is 18.2. The van der Waals surface area contributed by atoms with Gasteiger partial charge in [-0.15, -0.1) is 0 Å². The van der Waals surface area contributed by atoms with Gasteiger partial charge in [-0.1, -0.05) is 32.1 Å². The monoisotopic (exact) mass is 590 g/mol. The quantitative estimate of drug-likeness (QED) is 0.276. The zero-order valence-corrected chi connectivity index (χ0v) is 27.5. The lowest BCUT2D eigenvalue weighted by Gasteiger charge is -2.49. The first-order chi connectivity index (χ1) is 21.3. The minimum Gasteiger partial charge on any atom is -0.492 e. The highest BCUT2D eigenvalue weighted by atomic mass is 16.5. The summed E-state index contributed by atoms with van der Waals surface area (Å²) in [5, 5.41) is 0. The fourth-order valence-corrected chi connectivity index (χ4v) is 12.3. The van der Waals surface area contributed by atoms with E-state index >= 15 is 0 Å². The summed E-state index contributed by atoms with van der Waals surface area (Å²) >= 11 is 0. The molecule has 6 aliphatic rings. The predicted octanol–water partition coefficient (Wildman–Crippen LogP) is 9.41. The number of nitrogen functional groups attached to an aromatic ring is 2. The Morgan fingerprint density at radius 2 is 1.48 bits per heavy atom. The van der Waals surface area contributed by atoms with Crippen LogP contribution in [0.2, 0.25) is 0 Å². The van der Waals surface area contributed by atoms with Crippen molar-refractivity contribution >= 4 is 11.4 Å². The van der Waals surface area contributed by atoms with Crippen LogP contribution in [0.15, 0.2) is 24.3 Å². The Hall–Kier alpha value is -2.60. The highest BCUT2D eigenvalue weighted by Gasteiger charge is 2.53. The van der Waals surface area contributed by atoms with Gasteiger partial charge in [-0.2, -0.15) is 0 Å². The van der Waals surface area contributed by atoms with Crippen molar-refractivity contribution in [2.45, 2.75) is 122 Å². The third-order valence-electron chi connectivity index (χ3n) is 14.3. The summed E-state index contributed by atoms with van der Waals surface area (Å²) in [5.74, 6) is 13.7. The Labute approximate surface area is 266 Å². The van der Waals surface area contributed by atoms with E-state index in [0.29, 0.717) is 29.3 Å². The summed E-state index contributed by atoms with van der Waals surface area (Å²) in [6, 6.07) is 9.25. The van der Waals surface area contributed by atoms with Crippen molar-refractivity contribution in [3.8, 4) is 17.6 Å². The van der Waals surface area contributed by atoms with Crippen LogP contribution in [0, 0.1) is 52.3 Å². The molecule has 3 nitrogen and oxygen atoms in total. The van der Waals surface area contributed by atoms with Gasteiger partial charge in [-0.25, -0.2) is 0 Å². The molecule has 4 N–H and O–H groups in total. The molecule has 4 fully saturated rings. The van der Waals surface area contributed by atoms with Gasteiger partial charge in [0.05, 0.1) is 12.3 Å². The number of hydrogen-bond acceptors (Lipinski definition) is 3. The second kappa shape index (κ2) is 10.7. The molecule has 0 aromatic heterocycles. The standard InChI is InChI=1S/C41H54N2O/c1-4-44-39-23-34-27(22-38(39)43)11-13-32-30(34)15-18-41(3)24-25(19-36(32)41)7-5-8-28-20-33-26(21-37(28)42)10-12-31-29(33)14-17-40(2)16-6-9-35(31)40/h20-23,25,29-32,35-36H,4,6-7,9-19,24,42-43H2,1-3H3/t25?,29?,30?,31?,32?,35?,36?,40-,41+/m0/s1. The average molecular weight is 591 g/mol. The molecule has 0 aliphatic heterocycles. The van der Waals surface area contributed by atoms with Crippen molar-refractivity contribution in [1.82, 2.24) is 0 Å². The molecule has 4 saturated carbocycles. The Morgan fingerprint density at radius 3 is 2.23 bits per heavy atom. The van der Waals surface area contributed by atoms with Crippen LogP contribution in [0.5, 0.6) is 5.75 Å². The summed E-state index contributed by atoms with van der Waals surface area (Å²) in [4.78, 5) is 0. The number of benzene rings is 2. The average Bonchev–Trinajstić information content (AvgIpc) is 3.57. The zero-order chi connectivity index (χ0) is 30.2. The van der Waals surface area contributed by atoms with Gasteiger partial charge >= 0.3 is 0 Å². The second-order valence-electron chi connectivity index (χ2n) is 16.6. The van der Waals surface area contributed by atoms with Gasteiger partial charge in [0, 0.05) is 17.7 Å². The maximum absolute atomic E-state index is 6.66. The third-order valence-corrected chi connectivity index (χ3v) is 14.3. The first-order valence-electron chi connectivity index (χ1n) is 18.2. The molecule has 234 valence electrons. The van der Waals surface area contributed by atoms with Gasteiger partial charge in [-0.05, 0) is 183 Å². The van der Waals surface area contributed by atoms with Crippen LogP contribution in [-0.2, 0) is 12.8 Å². The van der Waals surface area contributed by atoms with Gasteiger partial charge in [-0.3, -0.25) is 0 Å². The first kappa shape index (κ1) is 28.8. The van der Waals surface area contributed by atoms with Crippen molar-refractivity contribution in [3.05, 3.63) is 52.1 Å². The maximum atomic E-state index is 6.66. The van der Waals surface area contributed by atoms with Crippen molar-refractivity contribution < 1.29 is 4.74 Å². The summed E-state index contributed by atoms with van der Waals surface area (Å²) in [6.07, 6.45) is 18.4. The van der Waals surface area contributed by atoms with E-state index in [2.05, 4.69) is 50.0 Å². The minimum absolute atomic E-state index is 0.456. The van der Waals surface area contributed by atoms with E-state index in [1.54, 1.807) is 5.56 Å². The summed E-state index contributed by atoms with van der Waals surface area (Å²) in [7, 11) is 0. The lowest BCUT2D eigenvalue weighted by Crippen LogP contribution is -2.39. The zero-order valence-electron chi connectivity index (χ0n) is 27.5. The van der Waals surface area contributed by atoms with E-state index in [0.717, 1.165) is 65.1 Å². The van der Waals surface area contributed by atoms with Gasteiger partial charge in [0.15, 0.2) is 0 Å². The lowest BCUT2D eigenvalue weighted by molar-refractivity contribution is 0.0597. The van der Waals surface area contributed by atoms with E-state index in [1.807, 2.05) is 6.92 Å². The van der Waals surface area contributed by atoms with Gasteiger partial charge in [0.2, 0.25) is 0 Å². The third kappa shape index (κ3) is 4.60. The Kier molecular flexibility index (Phi) is 7.04. The molecular formula is C41H54N2O. The van der Waals surface area contributed by atoms with Crippen LogP contribution in [0.1, 0.15) is 137 Å². The second-order valence-corrected chi connectivity index (χ2v) is 16.6. The fraction of sp³-hybridized carbons (Fsp3) is 0.659. The van der Waals surface area contributed by atoms with Crippen LogP contribution in [0.3, 0.4) is 0 Å². The molecule has 0 heterocycles. The molecule has 0 saturated heterocycles. The smallest absolute Gasteiger partial charge is 0.142 e. The van der Waals surface area contributed by atoms with Crippen molar-refractivity contribution in [2.75, 3.05) is 18.1 Å². The van der Waals surface area contributed by atoms with Crippen molar-refractivity contribution in [1.29, 1.82) is 0 Å². The lowest BCUT2D eigenvalue weighted by atomic mass is 9.56. The molecule has 2 aromatic rings. The summed E-state index contributed by atoms with van der Waals surface area (Å²) in [5.41, 5.74) is 23.0. The summed E-state index contributed by atoms with van der Waals surface area (Å²) in [6.45, 7) is 7.91. The topological polar surface area (TPSA) is 61.3 Å². The van der Waals surface area contributed by atoms with Gasteiger partial charge in [0.25, 0.3) is 0 Å². The van der Waals surface area contributed by atoms with E-state index in [9.17, 15) is 0 Å². The highest BCUT2D eigenvalue weighted by molar-refractivity contribution is 5.61. The number of fused-ring (bicyclic) bond motifs is 10. The number of ether oxygens (including phenoxy) is 1. The Morgan fingerprint density at radius 1 is 0.795 bits per heavy atom. The van der Waals surface area contributed by atoms with E-state index in [4.69, 9.17) is 16.2 Å². The van der Waals surface area contributed by atoms with Crippen LogP contribution in [0.25, 0.3) is 0 Å². The molecule has 7 unspecified atom stereocenters. The number of anilines is 2. The molecule has 44 heavy (non-hydrogen) atoms. The Balaban J connectivity index is 0.982. The minimum atomic E-state index is 0.456. The largest absolute Gasteiger partial charge is 0.492 e. The molecule has 2 aromatic carbocycles. The van der Waals surface area contributed by atoms with Gasteiger partial charge < -0.3 is 16.2 Å². The van der Waals surface area contributed by atoms with Crippen molar-refractivity contribution in [2.24, 2.45) is 40.4 Å². The van der Waals surface area contributed by atoms with Crippen LogP contribution < -0.4 is 16.2 Å². The predicted molar refractivity (Wildman–Crippen MR) is 182 cm³/mol. The van der Waals surface area contributed by atoms with E-state index in [1.165, 1.54) is 93.7 Å². The fourth-order valence-electron chi connectivity index (χ4n) is 12.3. The van der Waals surface area contributed by atoms with Crippen LogP contribution in [0.4, 0.5) is 11.4 Å². The normalized spacial score (nSPS) is 38.2. The molecule has 0 radical (unpaired) electrons. The number of aryl methyl sites for hydroxylation is 2. The number of nitrogens with two attached hydrogens (primary N) is 2. The van der Waals surface area contributed by atoms with Gasteiger partial charge in [0.1, 0.15) is 5.75 Å². The van der Waals surface area contributed by atoms with Crippen LogP contribution in [-0.4, -0.2) is 6.61 Å². The molecule has 0 spiro atoms. The molecule has 3 heteroatoms. The molecule has 6 aliphatic carbocycles. The summed E-state index contributed by atoms with van der Waals surface area (Å²) < 4.78 is 5.92. The molecule has 0 amide bonds.